The molecule has 4 aromatic rings. The SMILES string of the molecule is Cc1ccc(-n2c(C)cc(-c3csc(NC(=O)c4cccc(S(C)(=O)=O)c4)n3)c2C)cc1. The first-order valence-corrected chi connectivity index (χ1v) is 12.7. The van der Waals surface area contributed by atoms with Crippen molar-refractivity contribution in [1.29, 1.82) is 0 Å². The fraction of sp³-hybridized carbons (Fsp3) is 0.167. The minimum atomic E-state index is -3.39. The number of hydrogen-bond acceptors (Lipinski definition) is 5. The van der Waals surface area contributed by atoms with Crippen LogP contribution >= 0.6 is 11.3 Å². The summed E-state index contributed by atoms with van der Waals surface area (Å²) in [6.45, 7) is 6.17. The molecule has 164 valence electrons. The number of nitrogens with one attached hydrogen (secondary N) is 1. The molecule has 0 radical (unpaired) electrons. The molecule has 1 N–H and O–H groups in total. The first-order valence-electron chi connectivity index (χ1n) is 9.97. The maximum absolute atomic E-state index is 12.6. The number of nitrogens with zero attached hydrogens (tertiary/aromatic N) is 2. The number of aryl methyl sites for hydroxylation is 2. The van der Waals surface area contributed by atoms with Crippen molar-refractivity contribution in [2.75, 3.05) is 11.6 Å². The Labute approximate surface area is 191 Å². The molecule has 0 bridgehead atoms. The van der Waals surface area contributed by atoms with Crippen LogP contribution in [0.3, 0.4) is 0 Å². The summed E-state index contributed by atoms with van der Waals surface area (Å²) in [6, 6.07) is 16.4. The molecule has 2 aromatic heterocycles. The van der Waals surface area contributed by atoms with Gasteiger partial charge in [0, 0.05) is 39.8 Å². The van der Waals surface area contributed by atoms with Crippen molar-refractivity contribution in [3.05, 3.63) is 82.5 Å². The highest BCUT2D eigenvalue weighted by Gasteiger charge is 2.17. The number of sulfone groups is 1. The molecule has 6 nitrogen and oxygen atoms in total. The highest BCUT2D eigenvalue weighted by Crippen LogP contribution is 2.32. The Morgan fingerprint density at radius 1 is 1.03 bits per heavy atom. The van der Waals surface area contributed by atoms with Crippen molar-refractivity contribution >= 4 is 32.2 Å². The number of rotatable bonds is 5. The van der Waals surface area contributed by atoms with E-state index in [9.17, 15) is 13.2 Å². The van der Waals surface area contributed by atoms with Crippen LogP contribution in [0.4, 0.5) is 5.13 Å². The summed E-state index contributed by atoms with van der Waals surface area (Å²) in [7, 11) is -3.39. The van der Waals surface area contributed by atoms with Gasteiger partial charge in [0.05, 0.1) is 10.6 Å². The number of aromatic nitrogens is 2. The predicted molar refractivity (Wildman–Crippen MR) is 129 cm³/mol. The van der Waals surface area contributed by atoms with E-state index in [2.05, 4.69) is 66.0 Å². The Balaban J connectivity index is 1.59. The van der Waals surface area contributed by atoms with E-state index >= 15 is 0 Å². The number of benzene rings is 2. The van der Waals surface area contributed by atoms with Crippen LogP contribution in [0.2, 0.25) is 0 Å². The molecule has 32 heavy (non-hydrogen) atoms. The maximum atomic E-state index is 12.6. The largest absolute Gasteiger partial charge is 0.318 e. The maximum Gasteiger partial charge on any atom is 0.257 e. The van der Waals surface area contributed by atoms with Crippen LogP contribution in [0.25, 0.3) is 16.9 Å². The Bertz CT molecular complexity index is 1420. The van der Waals surface area contributed by atoms with Gasteiger partial charge in [0.25, 0.3) is 5.91 Å². The smallest absolute Gasteiger partial charge is 0.257 e. The molecule has 0 saturated heterocycles. The van der Waals surface area contributed by atoms with Crippen LogP contribution in [0.5, 0.6) is 0 Å². The molecular weight excluding hydrogens is 442 g/mol. The molecule has 0 spiro atoms. The fourth-order valence-corrected chi connectivity index (χ4v) is 4.98. The highest BCUT2D eigenvalue weighted by atomic mass is 32.2. The number of carbonyl (C=O) groups excluding carboxylic acids is 1. The quantitative estimate of drug-likeness (QED) is 0.440. The van der Waals surface area contributed by atoms with Crippen molar-refractivity contribution in [2.45, 2.75) is 25.7 Å². The van der Waals surface area contributed by atoms with Gasteiger partial charge in [0.15, 0.2) is 15.0 Å². The Morgan fingerprint density at radius 2 is 1.75 bits per heavy atom. The second-order valence-electron chi connectivity index (χ2n) is 7.75. The van der Waals surface area contributed by atoms with Crippen LogP contribution in [-0.4, -0.2) is 30.1 Å². The van der Waals surface area contributed by atoms with E-state index in [-0.39, 0.29) is 10.5 Å². The molecule has 0 unspecified atom stereocenters. The average Bonchev–Trinajstić information content (AvgIpc) is 3.32. The summed E-state index contributed by atoms with van der Waals surface area (Å²) in [4.78, 5) is 17.3. The molecule has 2 heterocycles. The second-order valence-corrected chi connectivity index (χ2v) is 10.6. The normalized spacial score (nSPS) is 11.5. The van der Waals surface area contributed by atoms with Gasteiger partial charge >= 0.3 is 0 Å². The minimum absolute atomic E-state index is 0.105. The molecule has 0 aliphatic heterocycles. The average molecular weight is 466 g/mol. The first kappa shape index (κ1) is 22.0. The summed E-state index contributed by atoms with van der Waals surface area (Å²) < 4.78 is 25.7. The van der Waals surface area contributed by atoms with E-state index in [0.29, 0.717) is 5.13 Å². The van der Waals surface area contributed by atoms with Crippen LogP contribution in [0, 0.1) is 20.8 Å². The van der Waals surface area contributed by atoms with Crippen LogP contribution in [0.1, 0.15) is 27.3 Å². The van der Waals surface area contributed by atoms with Crippen LogP contribution in [-0.2, 0) is 9.84 Å². The van der Waals surface area contributed by atoms with Gasteiger partial charge in [0.1, 0.15) is 0 Å². The van der Waals surface area contributed by atoms with Gasteiger partial charge in [-0.25, -0.2) is 13.4 Å². The lowest BCUT2D eigenvalue weighted by Gasteiger charge is -2.10. The summed E-state index contributed by atoms with van der Waals surface area (Å²) >= 11 is 1.33. The topological polar surface area (TPSA) is 81.1 Å². The van der Waals surface area contributed by atoms with E-state index in [1.54, 1.807) is 12.1 Å². The third-order valence-corrected chi connectivity index (χ3v) is 7.12. The summed E-state index contributed by atoms with van der Waals surface area (Å²) in [5, 5.41) is 5.13. The summed E-state index contributed by atoms with van der Waals surface area (Å²) in [5.41, 5.74) is 6.50. The first-order chi connectivity index (χ1) is 15.1. The molecular formula is C24H23N3O3S2. The van der Waals surface area contributed by atoms with E-state index in [1.807, 2.05) is 5.38 Å². The zero-order valence-corrected chi connectivity index (χ0v) is 19.8. The van der Waals surface area contributed by atoms with E-state index < -0.39 is 15.7 Å². The van der Waals surface area contributed by atoms with Crippen molar-refractivity contribution in [3.8, 4) is 16.9 Å². The molecule has 0 aliphatic carbocycles. The number of anilines is 1. The lowest BCUT2D eigenvalue weighted by atomic mass is 10.2. The van der Waals surface area contributed by atoms with Crippen molar-refractivity contribution < 1.29 is 13.2 Å². The van der Waals surface area contributed by atoms with Crippen LogP contribution in [0.15, 0.2) is 64.9 Å². The van der Waals surface area contributed by atoms with Crippen molar-refractivity contribution in [3.63, 3.8) is 0 Å². The lowest BCUT2D eigenvalue weighted by molar-refractivity contribution is 0.102. The van der Waals surface area contributed by atoms with E-state index in [1.165, 1.54) is 29.0 Å². The number of hydrogen-bond donors (Lipinski definition) is 1. The monoisotopic (exact) mass is 465 g/mol. The standard InChI is InChI=1S/C24H23N3O3S2/c1-15-8-10-19(11-9-15)27-16(2)12-21(17(27)3)22-14-31-24(25-22)26-23(28)18-6-5-7-20(13-18)32(4,29)30/h5-14H,1-4H3,(H,25,26,28). The summed E-state index contributed by atoms with van der Waals surface area (Å²) in [5.74, 6) is -0.401. The third kappa shape index (κ3) is 4.37. The Hall–Kier alpha value is -3.23. The molecule has 8 heteroatoms. The molecule has 0 saturated carbocycles. The Morgan fingerprint density at radius 3 is 2.44 bits per heavy atom. The summed E-state index contributed by atoms with van der Waals surface area (Å²) in [6.07, 6.45) is 1.12. The highest BCUT2D eigenvalue weighted by molar-refractivity contribution is 7.90. The lowest BCUT2D eigenvalue weighted by Crippen LogP contribution is -2.12. The van der Waals surface area contributed by atoms with Crippen LogP contribution < -0.4 is 5.32 Å². The molecule has 1 amide bonds. The molecule has 4 rings (SSSR count). The van der Waals surface area contributed by atoms with Gasteiger partial charge in [-0.2, -0.15) is 0 Å². The van der Waals surface area contributed by atoms with E-state index in [4.69, 9.17) is 0 Å². The molecule has 0 atom stereocenters. The van der Waals surface area contributed by atoms with Crippen molar-refractivity contribution in [1.82, 2.24) is 9.55 Å². The molecule has 2 aromatic carbocycles. The third-order valence-electron chi connectivity index (χ3n) is 5.25. The second kappa shape index (κ2) is 8.37. The fourth-order valence-electron chi connectivity index (χ4n) is 3.61. The van der Waals surface area contributed by atoms with Gasteiger partial charge < -0.3 is 4.57 Å². The van der Waals surface area contributed by atoms with Gasteiger partial charge in [-0.1, -0.05) is 23.8 Å². The van der Waals surface area contributed by atoms with Gasteiger partial charge in [0.2, 0.25) is 0 Å². The van der Waals surface area contributed by atoms with E-state index in [0.717, 1.165) is 34.6 Å². The zero-order chi connectivity index (χ0) is 23.0. The molecule has 0 fully saturated rings. The number of amides is 1. The number of thiazole rings is 1. The predicted octanol–water partition coefficient (Wildman–Crippen LogP) is 5.18. The van der Waals surface area contributed by atoms with Gasteiger partial charge in [-0.15, -0.1) is 11.3 Å². The Kier molecular flexibility index (Phi) is 5.75. The van der Waals surface area contributed by atoms with Gasteiger partial charge in [-0.05, 0) is 57.2 Å². The van der Waals surface area contributed by atoms with Crippen molar-refractivity contribution in [2.24, 2.45) is 0 Å². The molecule has 0 aliphatic rings. The number of carbonyl (C=O) groups is 1. The minimum Gasteiger partial charge on any atom is -0.318 e. The zero-order valence-electron chi connectivity index (χ0n) is 18.2. The van der Waals surface area contributed by atoms with Gasteiger partial charge in [-0.3, -0.25) is 10.1 Å².